The van der Waals surface area contributed by atoms with Crippen molar-refractivity contribution in [2.75, 3.05) is 6.61 Å². The van der Waals surface area contributed by atoms with E-state index >= 15 is 0 Å². The van der Waals surface area contributed by atoms with Gasteiger partial charge in [0.2, 0.25) is 5.88 Å². The van der Waals surface area contributed by atoms with Gasteiger partial charge in [0.25, 0.3) is 0 Å². The number of aliphatic hydroxyl groups is 1. The summed E-state index contributed by atoms with van der Waals surface area (Å²) < 4.78 is 6.10. The van der Waals surface area contributed by atoms with Crippen LogP contribution >= 0.6 is 0 Å². The Morgan fingerprint density at radius 1 is 1.15 bits per heavy atom. The molecular weight excluding hydrogens is 338 g/mol. The van der Waals surface area contributed by atoms with Crippen LogP contribution in [0.1, 0.15) is 42.4 Å². The van der Waals surface area contributed by atoms with Gasteiger partial charge in [0.1, 0.15) is 5.82 Å². The van der Waals surface area contributed by atoms with Crippen molar-refractivity contribution >= 4 is 0 Å². The van der Waals surface area contributed by atoms with Gasteiger partial charge in [0, 0.05) is 29.9 Å². The lowest BCUT2D eigenvalue weighted by molar-refractivity contribution is 0.199. The SMILES string of the molecule is Cc1ncc(-c2ccc(C(C)O)cc2)c(OC[C@H]2C[C@@H]2c2ccccn2)n1. The molecule has 0 amide bonds. The fourth-order valence-corrected chi connectivity index (χ4v) is 3.27. The molecule has 0 radical (unpaired) electrons. The van der Waals surface area contributed by atoms with Crippen LogP contribution in [-0.4, -0.2) is 26.7 Å². The predicted molar refractivity (Wildman–Crippen MR) is 103 cm³/mol. The van der Waals surface area contributed by atoms with Gasteiger partial charge in [-0.05, 0) is 43.5 Å². The summed E-state index contributed by atoms with van der Waals surface area (Å²) in [7, 11) is 0. The molecule has 2 heterocycles. The number of aliphatic hydroxyl groups excluding tert-OH is 1. The Kier molecular flexibility index (Phi) is 4.86. The summed E-state index contributed by atoms with van der Waals surface area (Å²) in [6, 6.07) is 13.8. The monoisotopic (exact) mass is 361 g/mol. The summed E-state index contributed by atoms with van der Waals surface area (Å²) in [6.45, 7) is 4.24. The number of nitrogens with zero attached hydrogens (tertiary/aromatic N) is 3. The van der Waals surface area contributed by atoms with Crippen LogP contribution in [0.2, 0.25) is 0 Å². The molecule has 1 aliphatic carbocycles. The standard InChI is InChI=1S/C22H23N3O2/c1-14(26)16-6-8-17(9-7-16)20-12-24-15(2)25-22(20)27-13-18-11-19(18)21-5-3-4-10-23-21/h3-10,12,14,18-19,26H,11,13H2,1-2H3/t14?,18-,19+/m1/s1. The Morgan fingerprint density at radius 2 is 1.96 bits per heavy atom. The van der Waals surface area contributed by atoms with Crippen molar-refractivity contribution < 1.29 is 9.84 Å². The van der Waals surface area contributed by atoms with Crippen LogP contribution in [0.25, 0.3) is 11.1 Å². The van der Waals surface area contributed by atoms with Crippen molar-refractivity contribution in [2.24, 2.45) is 5.92 Å². The second-order valence-electron chi connectivity index (χ2n) is 7.10. The molecule has 1 saturated carbocycles. The van der Waals surface area contributed by atoms with Crippen molar-refractivity contribution in [3.05, 3.63) is 71.9 Å². The molecule has 5 nitrogen and oxygen atoms in total. The first-order chi connectivity index (χ1) is 13.1. The average molecular weight is 361 g/mol. The maximum Gasteiger partial charge on any atom is 0.224 e. The maximum atomic E-state index is 9.69. The number of aromatic nitrogens is 3. The van der Waals surface area contributed by atoms with Crippen LogP contribution in [-0.2, 0) is 0 Å². The Hall–Kier alpha value is -2.79. The van der Waals surface area contributed by atoms with Gasteiger partial charge in [-0.2, -0.15) is 4.98 Å². The molecule has 1 aliphatic rings. The third kappa shape index (κ3) is 3.98. The molecule has 27 heavy (non-hydrogen) atoms. The van der Waals surface area contributed by atoms with E-state index in [1.807, 2.05) is 49.5 Å². The van der Waals surface area contributed by atoms with Gasteiger partial charge in [0.05, 0.1) is 18.3 Å². The minimum absolute atomic E-state index is 0.473. The van der Waals surface area contributed by atoms with Crippen LogP contribution in [0.4, 0.5) is 0 Å². The highest BCUT2D eigenvalue weighted by molar-refractivity contribution is 5.68. The van der Waals surface area contributed by atoms with E-state index in [9.17, 15) is 5.11 Å². The molecule has 0 aliphatic heterocycles. The number of hydrogen-bond donors (Lipinski definition) is 1. The molecule has 3 aromatic rings. The molecular formula is C22H23N3O2. The Balaban J connectivity index is 1.49. The van der Waals surface area contributed by atoms with E-state index in [2.05, 4.69) is 21.0 Å². The lowest BCUT2D eigenvalue weighted by Crippen LogP contribution is -2.05. The molecule has 2 aromatic heterocycles. The zero-order valence-electron chi connectivity index (χ0n) is 15.5. The number of hydrogen-bond acceptors (Lipinski definition) is 5. The largest absolute Gasteiger partial charge is 0.477 e. The molecule has 1 fully saturated rings. The minimum Gasteiger partial charge on any atom is -0.477 e. The molecule has 1 aromatic carbocycles. The fourth-order valence-electron chi connectivity index (χ4n) is 3.27. The van der Waals surface area contributed by atoms with E-state index < -0.39 is 6.10 Å². The molecule has 1 unspecified atom stereocenters. The Morgan fingerprint density at radius 3 is 2.67 bits per heavy atom. The van der Waals surface area contributed by atoms with E-state index in [1.54, 1.807) is 13.1 Å². The van der Waals surface area contributed by atoms with Crippen molar-refractivity contribution in [1.29, 1.82) is 0 Å². The molecule has 138 valence electrons. The second-order valence-corrected chi connectivity index (χ2v) is 7.10. The van der Waals surface area contributed by atoms with Gasteiger partial charge in [-0.1, -0.05) is 30.3 Å². The number of rotatable bonds is 6. The van der Waals surface area contributed by atoms with Gasteiger partial charge >= 0.3 is 0 Å². The zero-order chi connectivity index (χ0) is 18.8. The Labute approximate surface area is 159 Å². The smallest absolute Gasteiger partial charge is 0.224 e. The molecule has 0 bridgehead atoms. The number of pyridine rings is 1. The van der Waals surface area contributed by atoms with Crippen molar-refractivity contribution in [3.8, 4) is 17.0 Å². The summed E-state index contributed by atoms with van der Waals surface area (Å²) in [5, 5.41) is 9.69. The van der Waals surface area contributed by atoms with Gasteiger partial charge in [-0.3, -0.25) is 4.98 Å². The van der Waals surface area contributed by atoms with Crippen molar-refractivity contribution in [2.45, 2.75) is 32.3 Å². The highest BCUT2D eigenvalue weighted by atomic mass is 16.5. The van der Waals surface area contributed by atoms with Gasteiger partial charge in [-0.25, -0.2) is 4.98 Å². The summed E-state index contributed by atoms with van der Waals surface area (Å²) in [5.74, 6) is 2.24. The van der Waals surface area contributed by atoms with E-state index in [0.29, 0.717) is 30.1 Å². The first-order valence-corrected chi connectivity index (χ1v) is 9.27. The van der Waals surface area contributed by atoms with Gasteiger partial charge in [-0.15, -0.1) is 0 Å². The Bertz CT molecular complexity index is 911. The molecule has 3 atom stereocenters. The van der Waals surface area contributed by atoms with Crippen molar-refractivity contribution in [3.63, 3.8) is 0 Å². The van der Waals surface area contributed by atoms with Crippen LogP contribution in [0, 0.1) is 12.8 Å². The highest BCUT2D eigenvalue weighted by Crippen LogP contribution is 2.46. The van der Waals surface area contributed by atoms with Crippen LogP contribution in [0.15, 0.2) is 54.9 Å². The molecule has 1 N–H and O–H groups in total. The third-order valence-electron chi connectivity index (χ3n) is 5.00. The van der Waals surface area contributed by atoms with E-state index in [0.717, 1.165) is 28.8 Å². The summed E-state index contributed by atoms with van der Waals surface area (Å²) in [6.07, 6.45) is 4.26. The summed E-state index contributed by atoms with van der Waals surface area (Å²) >= 11 is 0. The van der Waals surface area contributed by atoms with E-state index in [1.165, 1.54) is 0 Å². The summed E-state index contributed by atoms with van der Waals surface area (Å²) in [5.41, 5.74) is 3.86. The lowest BCUT2D eigenvalue weighted by atomic mass is 10.0. The highest BCUT2D eigenvalue weighted by Gasteiger charge is 2.40. The molecule has 0 spiro atoms. The normalized spacial score (nSPS) is 19.5. The number of ether oxygens (including phenoxy) is 1. The third-order valence-corrected chi connectivity index (χ3v) is 5.00. The fraction of sp³-hybridized carbons (Fsp3) is 0.318. The minimum atomic E-state index is -0.484. The first-order valence-electron chi connectivity index (χ1n) is 9.27. The van der Waals surface area contributed by atoms with E-state index in [4.69, 9.17) is 4.74 Å². The van der Waals surface area contributed by atoms with Crippen molar-refractivity contribution in [1.82, 2.24) is 15.0 Å². The van der Waals surface area contributed by atoms with Crippen LogP contribution in [0.5, 0.6) is 5.88 Å². The zero-order valence-corrected chi connectivity index (χ0v) is 15.5. The molecule has 5 heteroatoms. The van der Waals surface area contributed by atoms with Crippen LogP contribution < -0.4 is 4.74 Å². The first kappa shape index (κ1) is 17.6. The molecule has 0 saturated heterocycles. The quantitative estimate of drug-likeness (QED) is 0.716. The second kappa shape index (κ2) is 7.45. The topological polar surface area (TPSA) is 68.1 Å². The maximum absolute atomic E-state index is 9.69. The van der Waals surface area contributed by atoms with Crippen LogP contribution in [0.3, 0.4) is 0 Å². The van der Waals surface area contributed by atoms with E-state index in [-0.39, 0.29) is 0 Å². The number of benzene rings is 1. The van der Waals surface area contributed by atoms with Gasteiger partial charge in [0.15, 0.2) is 0 Å². The number of aryl methyl sites for hydroxylation is 1. The lowest BCUT2D eigenvalue weighted by Gasteiger charge is -2.12. The average Bonchev–Trinajstić information content (AvgIpc) is 3.47. The van der Waals surface area contributed by atoms with Gasteiger partial charge < -0.3 is 9.84 Å². The predicted octanol–water partition coefficient (Wildman–Crippen LogP) is 4.08. The molecule has 4 rings (SSSR count). The summed E-state index contributed by atoms with van der Waals surface area (Å²) in [4.78, 5) is 13.3.